The summed E-state index contributed by atoms with van der Waals surface area (Å²) in [5, 5.41) is 13.9. The van der Waals surface area contributed by atoms with Crippen molar-refractivity contribution in [3.63, 3.8) is 0 Å². The second-order valence-electron chi connectivity index (χ2n) is 3.96. The number of nitrogens with one attached hydrogen (secondary N) is 2. The Morgan fingerprint density at radius 3 is 2.22 bits per heavy atom. The summed E-state index contributed by atoms with van der Waals surface area (Å²) in [6, 6.07) is -1.46. The summed E-state index contributed by atoms with van der Waals surface area (Å²) >= 11 is 0. The molecule has 2 atom stereocenters. The van der Waals surface area contributed by atoms with Gasteiger partial charge in [-0.1, -0.05) is 20.3 Å². The Labute approximate surface area is 107 Å². The standard InChI is InChI=1S/C11H22N2O5/c1-5-7(2)9(10(14)15)13-11(16)12-6-8(17-3)18-4/h7-9H,5-6H2,1-4H3,(H,14,15)(H2,12,13,16). The van der Waals surface area contributed by atoms with Crippen molar-refractivity contribution in [2.45, 2.75) is 32.6 Å². The molecule has 0 fully saturated rings. The van der Waals surface area contributed by atoms with Gasteiger partial charge in [0.2, 0.25) is 0 Å². The predicted molar refractivity (Wildman–Crippen MR) is 65.2 cm³/mol. The van der Waals surface area contributed by atoms with Crippen LogP contribution in [0.3, 0.4) is 0 Å². The lowest BCUT2D eigenvalue weighted by molar-refractivity contribution is -0.140. The first kappa shape index (κ1) is 16.7. The van der Waals surface area contributed by atoms with E-state index in [0.29, 0.717) is 6.42 Å². The van der Waals surface area contributed by atoms with Gasteiger partial charge in [-0.15, -0.1) is 0 Å². The van der Waals surface area contributed by atoms with Crippen LogP contribution in [0.5, 0.6) is 0 Å². The van der Waals surface area contributed by atoms with Gasteiger partial charge < -0.3 is 25.2 Å². The van der Waals surface area contributed by atoms with E-state index in [1.54, 1.807) is 6.92 Å². The molecule has 0 saturated carbocycles. The van der Waals surface area contributed by atoms with Crippen molar-refractivity contribution in [1.29, 1.82) is 0 Å². The molecule has 0 aliphatic rings. The third kappa shape index (κ3) is 5.83. The first-order valence-corrected chi connectivity index (χ1v) is 5.78. The minimum absolute atomic E-state index is 0.145. The first-order valence-electron chi connectivity index (χ1n) is 5.78. The fourth-order valence-corrected chi connectivity index (χ4v) is 1.31. The van der Waals surface area contributed by atoms with Crippen LogP contribution in [0.4, 0.5) is 4.79 Å². The quantitative estimate of drug-likeness (QED) is 0.550. The zero-order chi connectivity index (χ0) is 14.1. The molecular weight excluding hydrogens is 240 g/mol. The number of carbonyl (C=O) groups is 2. The molecule has 7 heteroatoms. The lowest BCUT2D eigenvalue weighted by Crippen LogP contribution is -2.50. The molecule has 18 heavy (non-hydrogen) atoms. The Hall–Kier alpha value is -1.34. The molecule has 0 bridgehead atoms. The normalized spacial score (nSPS) is 14.1. The smallest absolute Gasteiger partial charge is 0.326 e. The van der Waals surface area contributed by atoms with Gasteiger partial charge in [-0.05, 0) is 5.92 Å². The fourth-order valence-electron chi connectivity index (χ4n) is 1.31. The summed E-state index contributed by atoms with van der Waals surface area (Å²) in [6.45, 7) is 3.78. The van der Waals surface area contributed by atoms with Crippen LogP contribution in [0.25, 0.3) is 0 Å². The molecule has 0 aromatic rings. The van der Waals surface area contributed by atoms with Gasteiger partial charge in [-0.25, -0.2) is 9.59 Å². The van der Waals surface area contributed by atoms with Crippen molar-refractivity contribution < 1.29 is 24.2 Å². The number of carbonyl (C=O) groups excluding carboxylic acids is 1. The average Bonchev–Trinajstić information content (AvgIpc) is 2.35. The Morgan fingerprint density at radius 2 is 1.83 bits per heavy atom. The van der Waals surface area contributed by atoms with Gasteiger partial charge in [0.05, 0.1) is 6.54 Å². The van der Waals surface area contributed by atoms with E-state index in [-0.39, 0.29) is 12.5 Å². The molecule has 2 amide bonds. The van der Waals surface area contributed by atoms with Crippen molar-refractivity contribution >= 4 is 12.0 Å². The minimum atomic E-state index is -1.05. The van der Waals surface area contributed by atoms with Gasteiger partial charge >= 0.3 is 12.0 Å². The van der Waals surface area contributed by atoms with E-state index in [2.05, 4.69) is 10.6 Å². The van der Waals surface area contributed by atoms with E-state index in [0.717, 1.165) is 0 Å². The SMILES string of the molecule is CCC(C)C(NC(=O)NCC(OC)OC)C(=O)O. The third-order valence-electron chi connectivity index (χ3n) is 2.72. The van der Waals surface area contributed by atoms with Crippen LogP contribution >= 0.6 is 0 Å². The predicted octanol–water partition coefficient (Wildman–Crippen LogP) is 0.404. The number of aliphatic carboxylic acids is 1. The first-order chi connectivity index (χ1) is 8.46. The maximum Gasteiger partial charge on any atom is 0.326 e. The van der Waals surface area contributed by atoms with Crippen LogP contribution < -0.4 is 10.6 Å². The van der Waals surface area contributed by atoms with Gasteiger partial charge in [0, 0.05) is 14.2 Å². The molecule has 0 spiro atoms. The van der Waals surface area contributed by atoms with Gasteiger partial charge in [0.1, 0.15) is 6.04 Å². The summed E-state index contributed by atoms with van der Waals surface area (Å²) in [6.07, 6.45) is 0.110. The highest BCUT2D eigenvalue weighted by atomic mass is 16.7. The zero-order valence-electron chi connectivity index (χ0n) is 11.2. The van der Waals surface area contributed by atoms with Gasteiger partial charge in [0.15, 0.2) is 6.29 Å². The van der Waals surface area contributed by atoms with Crippen LogP contribution in [-0.4, -0.2) is 50.2 Å². The molecule has 0 heterocycles. The van der Waals surface area contributed by atoms with Crippen molar-refractivity contribution in [1.82, 2.24) is 10.6 Å². The maximum absolute atomic E-state index is 11.5. The molecule has 0 saturated heterocycles. The number of methoxy groups -OCH3 is 2. The molecule has 0 aromatic carbocycles. The highest BCUT2D eigenvalue weighted by Crippen LogP contribution is 2.07. The number of rotatable bonds is 8. The van der Waals surface area contributed by atoms with Crippen molar-refractivity contribution in [2.75, 3.05) is 20.8 Å². The van der Waals surface area contributed by atoms with E-state index in [1.807, 2.05) is 6.92 Å². The molecule has 0 aliphatic heterocycles. The number of urea groups is 1. The highest BCUT2D eigenvalue weighted by Gasteiger charge is 2.25. The number of ether oxygens (including phenoxy) is 2. The Kier molecular flexibility index (Phi) is 8.06. The average molecular weight is 262 g/mol. The van der Waals surface area contributed by atoms with E-state index < -0.39 is 24.3 Å². The number of amides is 2. The van der Waals surface area contributed by atoms with Crippen molar-refractivity contribution in [3.05, 3.63) is 0 Å². The minimum Gasteiger partial charge on any atom is -0.480 e. The van der Waals surface area contributed by atoms with Gasteiger partial charge in [0.25, 0.3) is 0 Å². The summed E-state index contributed by atoms with van der Waals surface area (Å²) < 4.78 is 9.78. The molecule has 106 valence electrons. The summed E-state index contributed by atoms with van der Waals surface area (Å²) in [4.78, 5) is 22.5. The summed E-state index contributed by atoms with van der Waals surface area (Å²) in [5.74, 6) is -1.19. The molecule has 0 aromatic heterocycles. The van der Waals surface area contributed by atoms with E-state index >= 15 is 0 Å². The highest BCUT2D eigenvalue weighted by molar-refractivity contribution is 5.82. The van der Waals surface area contributed by atoms with Crippen molar-refractivity contribution in [3.8, 4) is 0 Å². The number of hydrogen-bond acceptors (Lipinski definition) is 4. The summed E-state index contributed by atoms with van der Waals surface area (Å²) in [7, 11) is 2.90. The second-order valence-corrected chi connectivity index (χ2v) is 3.96. The lowest BCUT2D eigenvalue weighted by Gasteiger charge is -2.21. The molecule has 0 rings (SSSR count). The zero-order valence-corrected chi connectivity index (χ0v) is 11.2. The molecule has 7 nitrogen and oxygen atoms in total. The molecular formula is C11H22N2O5. The largest absolute Gasteiger partial charge is 0.480 e. The fraction of sp³-hybridized carbons (Fsp3) is 0.818. The molecule has 3 N–H and O–H groups in total. The number of carboxylic acid groups (broad SMARTS) is 1. The Bertz CT molecular complexity index is 268. The molecule has 0 radical (unpaired) electrons. The third-order valence-corrected chi connectivity index (χ3v) is 2.72. The van der Waals surface area contributed by atoms with Gasteiger partial charge in [-0.2, -0.15) is 0 Å². The topological polar surface area (TPSA) is 96.9 Å². The molecule has 0 aliphatic carbocycles. The Morgan fingerprint density at radius 1 is 1.28 bits per heavy atom. The second kappa shape index (κ2) is 8.71. The number of carboxylic acids is 1. The van der Waals surface area contributed by atoms with Crippen LogP contribution in [0.15, 0.2) is 0 Å². The summed E-state index contributed by atoms with van der Waals surface area (Å²) in [5.41, 5.74) is 0. The van der Waals surface area contributed by atoms with Crippen LogP contribution in [0.1, 0.15) is 20.3 Å². The monoisotopic (exact) mass is 262 g/mol. The van der Waals surface area contributed by atoms with Crippen LogP contribution in [0.2, 0.25) is 0 Å². The van der Waals surface area contributed by atoms with Crippen LogP contribution in [0, 0.1) is 5.92 Å². The van der Waals surface area contributed by atoms with Crippen LogP contribution in [-0.2, 0) is 14.3 Å². The van der Waals surface area contributed by atoms with E-state index in [4.69, 9.17) is 14.6 Å². The van der Waals surface area contributed by atoms with E-state index in [1.165, 1.54) is 14.2 Å². The van der Waals surface area contributed by atoms with Crippen molar-refractivity contribution in [2.24, 2.45) is 5.92 Å². The molecule has 2 unspecified atom stereocenters. The maximum atomic E-state index is 11.5. The number of hydrogen-bond donors (Lipinski definition) is 3. The Balaban J connectivity index is 4.22. The lowest BCUT2D eigenvalue weighted by atomic mass is 9.99. The van der Waals surface area contributed by atoms with Gasteiger partial charge in [-0.3, -0.25) is 0 Å². The van der Waals surface area contributed by atoms with E-state index in [9.17, 15) is 9.59 Å².